The SMILES string of the molecule is CC(CCC1CCCCC1)(CNC1CC1)C1CC1. The first-order valence-corrected chi connectivity index (χ1v) is 8.50. The first-order chi connectivity index (χ1) is 8.76. The van der Waals surface area contributed by atoms with Crippen LogP contribution in [0.15, 0.2) is 0 Å². The first-order valence-electron chi connectivity index (χ1n) is 8.50. The summed E-state index contributed by atoms with van der Waals surface area (Å²) < 4.78 is 0. The van der Waals surface area contributed by atoms with Gasteiger partial charge in [0.15, 0.2) is 0 Å². The maximum Gasteiger partial charge on any atom is 0.00684 e. The van der Waals surface area contributed by atoms with Gasteiger partial charge >= 0.3 is 0 Å². The largest absolute Gasteiger partial charge is 0.313 e. The highest BCUT2D eigenvalue weighted by Crippen LogP contribution is 2.49. The third-order valence-electron chi connectivity index (χ3n) is 5.78. The van der Waals surface area contributed by atoms with Gasteiger partial charge in [0.2, 0.25) is 0 Å². The zero-order valence-electron chi connectivity index (χ0n) is 12.2. The fourth-order valence-electron chi connectivity index (χ4n) is 3.89. The summed E-state index contributed by atoms with van der Waals surface area (Å²) in [6.45, 7) is 3.87. The number of nitrogens with one attached hydrogen (secondary N) is 1. The molecule has 3 rings (SSSR count). The summed E-state index contributed by atoms with van der Waals surface area (Å²) in [4.78, 5) is 0. The Labute approximate surface area is 113 Å². The van der Waals surface area contributed by atoms with Gasteiger partial charge in [-0.2, -0.15) is 0 Å². The van der Waals surface area contributed by atoms with Crippen LogP contribution in [0.3, 0.4) is 0 Å². The van der Waals surface area contributed by atoms with Crippen molar-refractivity contribution in [1.29, 1.82) is 0 Å². The fraction of sp³-hybridized carbons (Fsp3) is 1.00. The summed E-state index contributed by atoms with van der Waals surface area (Å²) in [6, 6.07) is 0.887. The van der Waals surface area contributed by atoms with Gasteiger partial charge in [-0.25, -0.2) is 0 Å². The molecule has 0 amide bonds. The van der Waals surface area contributed by atoms with E-state index in [4.69, 9.17) is 0 Å². The van der Waals surface area contributed by atoms with Crippen molar-refractivity contribution in [2.24, 2.45) is 17.3 Å². The molecular formula is C17H31N. The van der Waals surface area contributed by atoms with Gasteiger partial charge in [0.1, 0.15) is 0 Å². The molecule has 3 saturated carbocycles. The Hall–Kier alpha value is -0.0400. The van der Waals surface area contributed by atoms with Crippen LogP contribution in [0, 0.1) is 17.3 Å². The molecule has 1 heteroatoms. The minimum Gasteiger partial charge on any atom is -0.313 e. The van der Waals surface area contributed by atoms with Gasteiger partial charge in [0.05, 0.1) is 0 Å². The molecule has 18 heavy (non-hydrogen) atoms. The summed E-state index contributed by atoms with van der Waals surface area (Å²) in [5.41, 5.74) is 0.625. The van der Waals surface area contributed by atoms with E-state index in [2.05, 4.69) is 12.2 Å². The molecule has 104 valence electrons. The minimum absolute atomic E-state index is 0.625. The van der Waals surface area contributed by atoms with Crippen molar-refractivity contribution in [3.63, 3.8) is 0 Å². The van der Waals surface area contributed by atoms with Gasteiger partial charge in [-0.3, -0.25) is 0 Å². The second-order valence-corrected chi connectivity index (χ2v) is 7.63. The summed E-state index contributed by atoms with van der Waals surface area (Å²) >= 11 is 0. The molecule has 3 aliphatic carbocycles. The van der Waals surface area contributed by atoms with Crippen LogP contribution in [0.25, 0.3) is 0 Å². The highest BCUT2D eigenvalue weighted by Gasteiger charge is 2.41. The molecule has 0 saturated heterocycles. The van der Waals surface area contributed by atoms with Crippen LogP contribution in [0.1, 0.15) is 77.6 Å². The van der Waals surface area contributed by atoms with Crippen LogP contribution in [0.5, 0.6) is 0 Å². The van der Waals surface area contributed by atoms with E-state index in [0.717, 1.165) is 17.9 Å². The summed E-state index contributed by atoms with van der Waals surface area (Å²) in [5.74, 6) is 2.12. The van der Waals surface area contributed by atoms with Gasteiger partial charge in [-0.05, 0) is 55.8 Å². The van der Waals surface area contributed by atoms with Gasteiger partial charge in [-0.15, -0.1) is 0 Å². The second kappa shape index (κ2) is 5.53. The summed E-state index contributed by atoms with van der Waals surface area (Å²) in [7, 11) is 0. The Morgan fingerprint density at radius 2 is 1.67 bits per heavy atom. The average Bonchev–Trinajstić information content (AvgIpc) is 3.28. The average molecular weight is 249 g/mol. The zero-order valence-corrected chi connectivity index (χ0v) is 12.2. The maximum absolute atomic E-state index is 3.81. The van der Waals surface area contributed by atoms with Gasteiger partial charge < -0.3 is 5.32 Å². The Morgan fingerprint density at radius 1 is 0.944 bits per heavy atom. The van der Waals surface area contributed by atoms with E-state index >= 15 is 0 Å². The zero-order chi connectivity index (χ0) is 12.4. The van der Waals surface area contributed by atoms with Gasteiger partial charge in [-0.1, -0.05) is 39.0 Å². The minimum atomic E-state index is 0.625. The third-order valence-corrected chi connectivity index (χ3v) is 5.78. The Morgan fingerprint density at radius 3 is 2.28 bits per heavy atom. The van der Waals surface area contributed by atoms with E-state index in [1.165, 1.54) is 77.2 Å². The maximum atomic E-state index is 3.81. The lowest BCUT2D eigenvalue weighted by atomic mass is 9.76. The van der Waals surface area contributed by atoms with Crippen LogP contribution >= 0.6 is 0 Å². The van der Waals surface area contributed by atoms with E-state index in [1.807, 2.05) is 0 Å². The molecule has 0 bridgehead atoms. The van der Waals surface area contributed by atoms with Crippen molar-refractivity contribution >= 4 is 0 Å². The van der Waals surface area contributed by atoms with Crippen molar-refractivity contribution in [1.82, 2.24) is 5.32 Å². The molecule has 0 heterocycles. The normalized spacial score (nSPS) is 29.2. The van der Waals surface area contributed by atoms with Crippen LogP contribution in [-0.2, 0) is 0 Å². The van der Waals surface area contributed by atoms with Crippen molar-refractivity contribution in [2.45, 2.75) is 83.6 Å². The van der Waals surface area contributed by atoms with Crippen molar-refractivity contribution in [3.8, 4) is 0 Å². The molecule has 0 aromatic rings. The fourth-order valence-corrected chi connectivity index (χ4v) is 3.89. The molecule has 0 spiro atoms. The lowest BCUT2D eigenvalue weighted by Gasteiger charge is -2.33. The van der Waals surface area contributed by atoms with Crippen LogP contribution in [0.2, 0.25) is 0 Å². The molecule has 1 unspecified atom stereocenters. The smallest absolute Gasteiger partial charge is 0.00684 e. The summed E-state index contributed by atoms with van der Waals surface area (Å²) in [5, 5.41) is 3.81. The van der Waals surface area contributed by atoms with Gasteiger partial charge in [0.25, 0.3) is 0 Å². The van der Waals surface area contributed by atoms with E-state index in [9.17, 15) is 0 Å². The second-order valence-electron chi connectivity index (χ2n) is 7.63. The lowest BCUT2D eigenvalue weighted by molar-refractivity contribution is 0.199. The third kappa shape index (κ3) is 3.50. The van der Waals surface area contributed by atoms with E-state index < -0.39 is 0 Å². The summed E-state index contributed by atoms with van der Waals surface area (Å²) in [6.07, 6.45) is 16.4. The monoisotopic (exact) mass is 249 g/mol. The highest BCUT2D eigenvalue weighted by atomic mass is 15.0. The Balaban J connectivity index is 1.45. The van der Waals surface area contributed by atoms with Crippen LogP contribution < -0.4 is 5.32 Å². The molecule has 1 N–H and O–H groups in total. The van der Waals surface area contributed by atoms with Gasteiger partial charge in [0, 0.05) is 12.6 Å². The van der Waals surface area contributed by atoms with E-state index in [0.29, 0.717) is 5.41 Å². The molecule has 3 fully saturated rings. The predicted octanol–water partition coefficient (Wildman–Crippen LogP) is 4.52. The quantitative estimate of drug-likeness (QED) is 0.699. The van der Waals surface area contributed by atoms with Crippen molar-refractivity contribution in [3.05, 3.63) is 0 Å². The lowest BCUT2D eigenvalue weighted by Crippen LogP contribution is -2.35. The molecule has 0 radical (unpaired) electrons. The first kappa shape index (κ1) is 13.0. The molecule has 3 aliphatic rings. The molecule has 0 aliphatic heterocycles. The topological polar surface area (TPSA) is 12.0 Å². The van der Waals surface area contributed by atoms with E-state index in [-0.39, 0.29) is 0 Å². The van der Waals surface area contributed by atoms with Crippen LogP contribution in [-0.4, -0.2) is 12.6 Å². The molecule has 1 nitrogen and oxygen atoms in total. The molecule has 0 aromatic carbocycles. The molecule has 1 atom stereocenters. The standard InChI is InChI=1S/C17H31N/c1-17(15-7-8-15,13-18-16-9-10-16)12-11-14-5-3-2-4-6-14/h14-16,18H,2-13H2,1H3. The van der Waals surface area contributed by atoms with Crippen molar-refractivity contribution in [2.75, 3.05) is 6.54 Å². The predicted molar refractivity (Wildman–Crippen MR) is 77.7 cm³/mol. The number of rotatable bonds is 7. The van der Waals surface area contributed by atoms with E-state index in [1.54, 1.807) is 0 Å². The molecule has 0 aromatic heterocycles. The molecular weight excluding hydrogens is 218 g/mol. The Kier molecular flexibility index (Phi) is 3.98. The van der Waals surface area contributed by atoms with Crippen molar-refractivity contribution < 1.29 is 0 Å². The van der Waals surface area contributed by atoms with Crippen LogP contribution in [0.4, 0.5) is 0 Å². The number of hydrogen-bond donors (Lipinski definition) is 1. The number of hydrogen-bond acceptors (Lipinski definition) is 1. The highest BCUT2D eigenvalue weighted by molar-refractivity contribution is 4.95. The Bertz CT molecular complexity index is 261.